The molecule has 3 atom stereocenters. The molecule has 3 heteroatoms. The molecule has 0 saturated heterocycles. The Morgan fingerprint density at radius 1 is 1.42 bits per heavy atom. The SMILES string of the molecule is CCCn1ccnc1CC(NCC)C1CCC(C)C1. The number of hydrogen-bond donors (Lipinski definition) is 1. The molecule has 1 N–H and O–H groups in total. The third-order valence-electron chi connectivity index (χ3n) is 4.44. The zero-order chi connectivity index (χ0) is 13.7. The van der Waals surface area contributed by atoms with Crippen molar-refractivity contribution >= 4 is 0 Å². The molecule has 19 heavy (non-hydrogen) atoms. The molecule has 3 unspecified atom stereocenters. The number of hydrogen-bond acceptors (Lipinski definition) is 2. The minimum Gasteiger partial charge on any atom is -0.335 e. The molecule has 0 aliphatic heterocycles. The van der Waals surface area contributed by atoms with Crippen molar-refractivity contribution in [3.05, 3.63) is 18.2 Å². The second kappa shape index (κ2) is 7.09. The fourth-order valence-electron chi connectivity index (χ4n) is 3.46. The van der Waals surface area contributed by atoms with Crippen LogP contribution in [-0.4, -0.2) is 22.1 Å². The largest absolute Gasteiger partial charge is 0.335 e. The van der Waals surface area contributed by atoms with E-state index in [2.05, 4.69) is 41.8 Å². The first-order valence-electron chi connectivity index (χ1n) is 7.98. The van der Waals surface area contributed by atoms with Gasteiger partial charge in [-0.05, 0) is 37.6 Å². The highest BCUT2D eigenvalue weighted by atomic mass is 15.1. The Hall–Kier alpha value is -0.830. The molecule has 1 fully saturated rings. The van der Waals surface area contributed by atoms with Gasteiger partial charge in [0.25, 0.3) is 0 Å². The maximum absolute atomic E-state index is 4.57. The van der Waals surface area contributed by atoms with Crippen LogP contribution in [0, 0.1) is 11.8 Å². The van der Waals surface area contributed by atoms with E-state index in [1.165, 1.54) is 31.5 Å². The number of nitrogens with one attached hydrogen (secondary N) is 1. The lowest BCUT2D eigenvalue weighted by atomic mass is 9.94. The highest BCUT2D eigenvalue weighted by molar-refractivity contribution is 4.98. The van der Waals surface area contributed by atoms with Gasteiger partial charge in [0.15, 0.2) is 0 Å². The molecular formula is C16H29N3. The van der Waals surface area contributed by atoms with Crippen LogP contribution in [-0.2, 0) is 13.0 Å². The lowest BCUT2D eigenvalue weighted by Gasteiger charge is -2.24. The summed E-state index contributed by atoms with van der Waals surface area (Å²) in [5, 5.41) is 3.70. The predicted molar refractivity (Wildman–Crippen MR) is 80.2 cm³/mol. The second-order valence-corrected chi connectivity index (χ2v) is 6.08. The van der Waals surface area contributed by atoms with Crippen LogP contribution in [0.15, 0.2) is 12.4 Å². The molecule has 1 aliphatic rings. The maximum Gasteiger partial charge on any atom is 0.110 e. The van der Waals surface area contributed by atoms with E-state index in [1.54, 1.807) is 0 Å². The van der Waals surface area contributed by atoms with Crippen LogP contribution in [0.25, 0.3) is 0 Å². The summed E-state index contributed by atoms with van der Waals surface area (Å²) in [6.45, 7) is 8.98. The smallest absolute Gasteiger partial charge is 0.110 e. The molecule has 1 aromatic heterocycles. The van der Waals surface area contributed by atoms with Crippen LogP contribution < -0.4 is 5.32 Å². The van der Waals surface area contributed by atoms with Gasteiger partial charge in [-0.3, -0.25) is 0 Å². The van der Waals surface area contributed by atoms with Gasteiger partial charge in [0, 0.05) is 31.4 Å². The highest BCUT2D eigenvalue weighted by Crippen LogP contribution is 2.33. The first-order valence-corrected chi connectivity index (χ1v) is 7.98. The molecule has 108 valence electrons. The van der Waals surface area contributed by atoms with Gasteiger partial charge in [-0.2, -0.15) is 0 Å². The summed E-state index contributed by atoms with van der Waals surface area (Å²) in [7, 11) is 0. The third-order valence-corrected chi connectivity index (χ3v) is 4.44. The van der Waals surface area contributed by atoms with Gasteiger partial charge < -0.3 is 9.88 Å². The van der Waals surface area contributed by atoms with E-state index in [4.69, 9.17) is 0 Å². The van der Waals surface area contributed by atoms with Crippen molar-refractivity contribution in [3.8, 4) is 0 Å². The van der Waals surface area contributed by atoms with Crippen molar-refractivity contribution in [2.24, 2.45) is 11.8 Å². The molecule has 1 heterocycles. The Balaban J connectivity index is 2.01. The Labute approximate surface area is 117 Å². The summed E-state index contributed by atoms with van der Waals surface area (Å²) in [5.41, 5.74) is 0. The summed E-state index contributed by atoms with van der Waals surface area (Å²) in [5.74, 6) is 3.00. The van der Waals surface area contributed by atoms with Crippen molar-refractivity contribution in [3.63, 3.8) is 0 Å². The Morgan fingerprint density at radius 2 is 2.26 bits per heavy atom. The summed E-state index contributed by atoms with van der Waals surface area (Å²) >= 11 is 0. The number of imidazole rings is 1. The van der Waals surface area contributed by atoms with E-state index in [-0.39, 0.29) is 0 Å². The number of nitrogens with zero attached hydrogens (tertiary/aromatic N) is 2. The highest BCUT2D eigenvalue weighted by Gasteiger charge is 2.29. The van der Waals surface area contributed by atoms with Crippen molar-refractivity contribution in [2.75, 3.05) is 6.54 Å². The van der Waals surface area contributed by atoms with Crippen molar-refractivity contribution < 1.29 is 0 Å². The molecule has 1 saturated carbocycles. The lowest BCUT2D eigenvalue weighted by molar-refractivity contribution is 0.345. The molecule has 0 bridgehead atoms. The normalized spacial score (nSPS) is 24.8. The van der Waals surface area contributed by atoms with Gasteiger partial charge in [0.2, 0.25) is 0 Å². The predicted octanol–water partition coefficient (Wildman–Crippen LogP) is 3.25. The molecule has 1 aliphatic carbocycles. The van der Waals surface area contributed by atoms with E-state index in [0.29, 0.717) is 6.04 Å². The molecule has 3 nitrogen and oxygen atoms in total. The molecule has 0 spiro atoms. The molecule has 2 rings (SSSR count). The van der Waals surface area contributed by atoms with E-state index >= 15 is 0 Å². The minimum absolute atomic E-state index is 0.605. The monoisotopic (exact) mass is 263 g/mol. The van der Waals surface area contributed by atoms with Crippen LogP contribution >= 0.6 is 0 Å². The average Bonchev–Trinajstić information content (AvgIpc) is 2.99. The van der Waals surface area contributed by atoms with Crippen molar-refractivity contribution in [1.82, 2.24) is 14.9 Å². The van der Waals surface area contributed by atoms with E-state index < -0.39 is 0 Å². The second-order valence-electron chi connectivity index (χ2n) is 6.08. The van der Waals surface area contributed by atoms with Gasteiger partial charge in [-0.15, -0.1) is 0 Å². The van der Waals surface area contributed by atoms with Crippen LogP contribution in [0.5, 0.6) is 0 Å². The molecule has 0 aromatic carbocycles. The zero-order valence-electron chi connectivity index (χ0n) is 12.7. The Kier molecular flexibility index (Phi) is 5.44. The number of likely N-dealkylation sites (N-methyl/N-ethyl adjacent to an activating group) is 1. The van der Waals surface area contributed by atoms with Crippen molar-refractivity contribution in [1.29, 1.82) is 0 Å². The topological polar surface area (TPSA) is 29.9 Å². The quantitative estimate of drug-likeness (QED) is 0.818. The number of aromatic nitrogens is 2. The standard InChI is InChI=1S/C16H29N3/c1-4-9-19-10-8-18-16(19)12-15(17-5-2)14-7-6-13(3)11-14/h8,10,13-15,17H,4-7,9,11-12H2,1-3H3. The van der Waals surface area contributed by atoms with Crippen LogP contribution in [0.2, 0.25) is 0 Å². The van der Waals surface area contributed by atoms with Crippen LogP contribution in [0.3, 0.4) is 0 Å². The molecule has 0 amide bonds. The van der Waals surface area contributed by atoms with Gasteiger partial charge in [-0.1, -0.05) is 27.2 Å². The van der Waals surface area contributed by atoms with Crippen LogP contribution in [0.4, 0.5) is 0 Å². The summed E-state index contributed by atoms with van der Waals surface area (Å²) in [6.07, 6.45) is 10.5. The average molecular weight is 263 g/mol. The maximum atomic E-state index is 4.57. The summed E-state index contributed by atoms with van der Waals surface area (Å²) in [6, 6.07) is 0.605. The summed E-state index contributed by atoms with van der Waals surface area (Å²) < 4.78 is 2.32. The van der Waals surface area contributed by atoms with Gasteiger partial charge >= 0.3 is 0 Å². The Morgan fingerprint density at radius 3 is 2.89 bits per heavy atom. The first-order chi connectivity index (χ1) is 9.24. The van der Waals surface area contributed by atoms with Gasteiger partial charge in [-0.25, -0.2) is 4.98 Å². The van der Waals surface area contributed by atoms with Gasteiger partial charge in [0.05, 0.1) is 0 Å². The molecule has 1 aromatic rings. The zero-order valence-corrected chi connectivity index (χ0v) is 12.7. The number of rotatable bonds is 7. The minimum atomic E-state index is 0.605. The fraction of sp³-hybridized carbons (Fsp3) is 0.812. The first kappa shape index (κ1) is 14.6. The van der Waals surface area contributed by atoms with E-state index in [9.17, 15) is 0 Å². The Bertz CT molecular complexity index is 372. The lowest BCUT2D eigenvalue weighted by Crippen LogP contribution is -2.37. The third kappa shape index (κ3) is 3.82. The fourth-order valence-corrected chi connectivity index (χ4v) is 3.46. The number of aryl methyl sites for hydroxylation is 1. The van der Waals surface area contributed by atoms with Crippen LogP contribution in [0.1, 0.15) is 52.3 Å². The van der Waals surface area contributed by atoms with E-state index in [1.807, 2.05) is 6.20 Å². The molecule has 0 radical (unpaired) electrons. The molecular weight excluding hydrogens is 234 g/mol. The van der Waals surface area contributed by atoms with Crippen molar-refractivity contribution in [2.45, 2.75) is 65.5 Å². The summed E-state index contributed by atoms with van der Waals surface area (Å²) in [4.78, 5) is 4.57. The van der Waals surface area contributed by atoms with E-state index in [0.717, 1.165) is 31.3 Å². The van der Waals surface area contributed by atoms with Gasteiger partial charge in [0.1, 0.15) is 5.82 Å².